The number of hydrogen-bond acceptors (Lipinski definition) is 6. The molecular weight excluding hydrogens is 278 g/mol. The summed E-state index contributed by atoms with van der Waals surface area (Å²) in [7, 11) is 0. The predicted molar refractivity (Wildman–Crippen MR) is 76.7 cm³/mol. The Morgan fingerprint density at radius 2 is 2.21 bits per heavy atom. The molecule has 3 aromatic rings. The molecule has 6 heteroatoms. The maximum Gasteiger partial charge on any atom is 0.254 e. The molecule has 96 valence electrons. The number of ether oxygens (including phenoxy) is 1. The van der Waals surface area contributed by atoms with E-state index < -0.39 is 0 Å². The molecule has 0 N–H and O–H groups in total. The molecule has 4 nitrogen and oxygen atoms in total. The third-order valence-electron chi connectivity index (χ3n) is 2.60. The molecule has 19 heavy (non-hydrogen) atoms. The normalized spacial score (nSPS) is 10.5. The summed E-state index contributed by atoms with van der Waals surface area (Å²) in [6.45, 7) is 0.607. The van der Waals surface area contributed by atoms with E-state index in [9.17, 15) is 0 Å². The van der Waals surface area contributed by atoms with Gasteiger partial charge in [-0.3, -0.25) is 4.98 Å². The standard InChI is InChI=1S/C13H11N3OS2/c1-2-11(8-14-5-1)12-13(16-19-15-12)17-6-3-10-4-7-18-9-10/h1-2,4-5,7-9H,3,6H2. The van der Waals surface area contributed by atoms with Crippen molar-refractivity contribution in [2.45, 2.75) is 6.42 Å². The summed E-state index contributed by atoms with van der Waals surface area (Å²) in [5, 5.41) is 4.20. The van der Waals surface area contributed by atoms with Gasteiger partial charge in [-0.25, -0.2) is 0 Å². The Hall–Kier alpha value is -1.79. The van der Waals surface area contributed by atoms with Crippen LogP contribution in [0, 0.1) is 0 Å². The molecule has 0 fully saturated rings. The van der Waals surface area contributed by atoms with E-state index in [1.165, 1.54) is 5.56 Å². The largest absolute Gasteiger partial charge is 0.475 e. The highest BCUT2D eigenvalue weighted by Gasteiger charge is 2.11. The molecule has 0 aromatic carbocycles. The molecule has 0 aliphatic rings. The Labute approximate surface area is 119 Å². The summed E-state index contributed by atoms with van der Waals surface area (Å²) in [4.78, 5) is 4.09. The minimum atomic E-state index is 0.591. The molecule has 0 radical (unpaired) electrons. The van der Waals surface area contributed by atoms with Gasteiger partial charge in [0.25, 0.3) is 5.88 Å². The number of nitrogens with zero attached hydrogens (tertiary/aromatic N) is 3. The summed E-state index contributed by atoms with van der Waals surface area (Å²) in [5.41, 5.74) is 2.99. The number of aromatic nitrogens is 3. The van der Waals surface area contributed by atoms with Crippen LogP contribution in [0.5, 0.6) is 5.88 Å². The van der Waals surface area contributed by atoms with E-state index in [-0.39, 0.29) is 0 Å². The van der Waals surface area contributed by atoms with Gasteiger partial charge < -0.3 is 4.74 Å². The summed E-state index contributed by atoms with van der Waals surface area (Å²) in [5.74, 6) is 0.591. The van der Waals surface area contributed by atoms with Crippen LogP contribution in [0.3, 0.4) is 0 Å². The monoisotopic (exact) mass is 289 g/mol. The van der Waals surface area contributed by atoms with E-state index in [1.54, 1.807) is 23.7 Å². The average molecular weight is 289 g/mol. The SMILES string of the molecule is c1cncc(-c2nsnc2OCCc2ccsc2)c1. The lowest BCUT2D eigenvalue weighted by Gasteiger charge is -2.03. The number of thiophene rings is 1. The Balaban J connectivity index is 1.67. The molecule has 0 saturated heterocycles. The minimum Gasteiger partial charge on any atom is -0.475 e. The van der Waals surface area contributed by atoms with Gasteiger partial charge in [-0.1, -0.05) is 0 Å². The number of hydrogen-bond donors (Lipinski definition) is 0. The van der Waals surface area contributed by atoms with Gasteiger partial charge in [-0.15, -0.1) is 4.37 Å². The van der Waals surface area contributed by atoms with Crippen molar-refractivity contribution in [1.29, 1.82) is 0 Å². The van der Waals surface area contributed by atoms with Crippen LogP contribution in [-0.4, -0.2) is 20.3 Å². The second-order valence-electron chi connectivity index (χ2n) is 3.89. The van der Waals surface area contributed by atoms with Crippen LogP contribution >= 0.6 is 23.1 Å². The van der Waals surface area contributed by atoms with E-state index in [1.807, 2.05) is 12.1 Å². The number of rotatable bonds is 5. The molecule has 0 saturated carbocycles. The van der Waals surface area contributed by atoms with Crippen LogP contribution in [0.2, 0.25) is 0 Å². The molecule has 3 heterocycles. The van der Waals surface area contributed by atoms with Crippen molar-refractivity contribution in [3.8, 4) is 17.1 Å². The first-order valence-electron chi connectivity index (χ1n) is 5.80. The first-order valence-corrected chi connectivity index (χ1v) is 7.47. The highest BCUT2D eigenvalue weighted by atomic mass is 32.1. The first-order chi connectivity index (χ1) is 9.43. The van der Waals surface area contributed by atoms with E-state index in [2.05, 4.69) is 30.6 Å². The smallest absolute Gasteiger partial charge is 0.254 e. The van der Waals surface area contributed by atoms with E-state index >= 15 is 0 Å². The molecule has 0 aliphatic carbocycles. The Bertz CT molecular complexity index is 622. The minimum absolute atomic E-state index is 0.591. The van der Waals surface area contributed by atoms with Crippen molar-refractivity contribution in [2.75, 3.05) is 6.61 Å². The van der Waals surface area contributed by atoms with E-state index in [4.69, 9.17) is 4.74 Å². The van der Waals surface area contributed by atoms with Crippen molar-refractivity contribution in [2.24, 2.45) is 0 Å². The second-order valence-corrected chi connectivity index (χ2v) is 5.20. The molecule has 0 spiro atoms. The van der Waals surface area contributed by atoms with Gasteiger partial charge in [0.2, 0.25) is 0 Å². The van der Waals surface area contributed by atoms with Crippen LogP contribution in [0.4, 0.5) is 0 Å². The molecule has 3 aromatic heterocycles. The van der Waals surface area contributed by atoms with Crippen LogP contribution < -0.4 is 4.74 Å². The Kier molecular flexibility index (Phi) is 3.81. The van der Waals surface area contributed by atoms with Gasteiger partial charge in [-0.2, -0.15) is 15.7 Å². The molecule has 0 aliphatic heterocycles. The Morgan fingerprint density at radius 3 is 3.00 bits per heavy atom. The second kappa shape index (κ2) is 5.90. The zero-order valence-electron chi connectivity index (χ0n) is 10.0. The van der Waals surface area contributed by atoms with Gasteiger partial charge in [0, 0.05) is 24.4 Å². The molecule has 0 bridgehead atoms. The van der Waals surface area contributed by atoms with Crippen molar-refractivity contribution in [3.05, 3.63) is 46.9 Å². The first kappa shape index (κ1) is 12.3. The summed E-state index contributed by atoms with van der Waals surface area (Å²) >= 11 is 2.86. The molecule has 3 rings (SSSR count). The van der Waals surface area contributed by atoms with Crippen LogP contribution in [0.15, 0.2) is 41.4 Å². The van der Waals surface area contributed by atoms with Gasteiger partial charge in [0.15, 0.2) is 0 Å². The highest BCUT2D eigenvalue weighted by Crippen LogP contribution is 2.26. The fourth-order valence-corrected chi connectivity index (χ4v) is 2.88. The van der Waals surface area contributed by atoms with Gasteiger partial charge in [0.05, 0.1) is 18.3 Å². The fraction of sp³-hybridized carbons (Fsp3) is 0.154. The molecule has 0 amide bonds. The summed E-state index contributed by atoms with van der Waals surface area (Å²) < 4.78 is 14.2. The molecular formula is C13H11N3OS2. The topological polar surface area (TPSA) is 47.9 Å². The third-order valence-corrected chi connectivity index (χ3v) is 3.85. The van der Waals surface area contributed by atoms with Crippen molar-refractivity contribution >= 4 is 23.1 Å². The van der Waals surface area contributed by atoms with Gasteiger partial charge in [0.1, 0.15) is 5.69 Å². The quantitative estimate of drug-likeness (QED) is 0.723. The van der Waals surface area contributed by atoms with Crippen molar-refractivity contribution < 1.29 is 4.74 Å². The van der Waals surface area contributed by atoms with Crippen molar-refractivity contribution in [1.82, 2.24) is 13.7 Å². The van der Waals surface area contributed by atoms with Crippen molar-refractivity contribution in [3.63, 3.8) is 0 Å². The van der Waals surface area contributed by atoms with Gasteiger partial charge in [-0.05, 0) is 34.5 Å². The lowest BCUT2D eigenvalue weighted by Crippen LogP contribution is -2.01. The lowest BCUT2D eigenvalue weighted by atomic mass is 10.2. The third kappa shape index (κ3) is 2.97. The van der Waals surface area contributed by atoms with Gasteiger partial charge >= 0.3 is 0 Å². The zero-order chi connectivity index (χ0) is 12.9. The van der Waals surface area contributed by atoms with E-state index in [0.717, 1.165) is 29.4 Å². The Morgan fingerprint density at radius 1 is 1.21 bits per heavy atom. The number of pyridine rings is 1. The lowest BCUT2D eigenvalue weighted by molar-refractivity contribution is 0.314. The highest BCUT2D eigenvalue weighted by molar-refractivity contribution is 7.07. The maximum atomic E-state index is 5.72. The predicted octanol–water partition coefficient (Wildman–Crippen LogP) is 3.28. The zero-order valence-corrected chi connectivity index (χ0v) is 11.7. The molecule has 0 unspecified atom stereocenters. The summed E-state index contributed by atoms with van der Waals surface area (Å²) in [6, 6.07) is 5.94. The maximum absolute atomic E-state index is 5.72. The van der Waals surface area contributed by atoms with Crippen LogP contribution in [0.25, 0.3) is 11.3 Å². The summed E-state index contributed by atoms with van der Waals surface area (Å²) in [6.07, 6.45) is 4.39. The van der Waals surface area contributed by atoms with Crippen LogP contribution in [-0.2, 0) is 6.42 Å². The average Bonchev–Trinajstić information content (AvgIpc) is 3.11. The fourth-order valence-electron chi connectivity index (χ4n) is 1.65. The van der Waals surface area contributed by atoms with E-state index in [0.29, 0.717) is 12.5 Å². The van der Waals surface area contributed by atoms with Crippen LogP contribution in [0.1, 0.15) is 5.56 Å². The molecule has 0 atom stereocenters.